The summed E-state index contributed by atoms with van der Waals surface area (Å²) in [7, 11) is 1.59. The minimum Gasteiger partial charge on any atom is -0.497 e. The van der Waals surface area contributed by atoms with Gasteiger partial charge in [0.05, 0.1) is 12.4 Å². The van der Waals surface area contributed by atoms with E-state index in [1.165, 1.54) is 11.8 Å². The molecule has 2 N–H and O–H groups in total. The monoisotopic (exact) mass is 434 g/mol. The van der Waals surface area contributed by atoms with Crippen LogP contribution >= 0.6 is 11.8 Å². The predicted molar refractivity (Wildman–Crippen MR) is 127 cm³/mol. The Morgan fingerprint density at radius 1 is 0.935 bits per heavy atom. The molecule has 0 radical (unpaired) electrons. The Bertz CT molecular complexity index is 1030. The van der Waals surface area contributed by atoms with Gasteiger partial charge >= 0.3 is 0 Å². The molecule has 0 aliphatic carbocycles. The number of anilines is 2. The zero-order valence-electron chi connectivity index (χ0n) is 17.8. The molecular weight excluding hydrogens is 408 g/mol. The second-order valence-corrected chi connectivity index (χ2v) is 8.36. The first-order valence-corrected chi connectivity index (χ1v) is 11.0. The molecule has 0 saturated carbocycles. The number of ether oxygens (including phenoxy) is 1. The molecule has 6 heteroatoms. The van der Waals surface area contributed by atoms with Gasteiger partial charge in [0.25, 0.3) is 5.91 Å². The number of rotatable bonds is 8. The summed E-state index contributed by atoms with van der Waals surface area (Å²) in [5.41, 5.74) is 3.16. The molecule has 1 unspecified atom stereocenters. The van der Waals surface area contributed by atoms with Gasteiger partial charge in [-0.2, -0.15) is 0 Å². The Balaban J connectivity index is 1.64. The summed E-state index contributed by atoms with van der Waals surface area (Å²) in [5.74, 6) is 0.461. The van der Waals surface area contributed by atoms with Crippen LogP contribution in [0, 0.1) is 6.92 Å². The highest BCUT2D eigenvalue weighted by molar-refractivity contribution is 8.00. The van der Waals surface area contributed by atoms with Crippen LogP contribution in [0.1, 0.15) is 29.3 Å². The van der Waals surface area contributed by atoms with Crippen molar-refractivity contribution in [2.45, 2.75) is 30.4 Å². The summed E-state index contributed by atoms with van der Waals surface area (Å²) in [6.07, 6.45) is 0.685. The molecule has 3 aromatic carbocycles. The van der Waals surface area contributed by atoms with Crippen LogP contribution in [0.2, 0.25) is 0 Å². The lowest BCUT2D eigenvalue weighted by atomic mass is 10.2. The van der Waals surface area contributed by atoms with E-state index in [1.807, 2.05) is 62.4 Å². The molecule has 0 aromatic heterocycles. The molecule has 1 atom stereocenters. The number of amides is 2. The number of benzene rings is 3. The van der Waals surface area contributed by atoms with E-state index in [0.29, 0.717) is 23.4 Å². The topological polar surface area (TPSA) is 67.4 Å². The van der Waals surface area contributed by atoms with Crippen LogP contribution in [0.15, 0.2) is 77.7 Å². The van der Waals surface area contributed by atoms with E-state index in [1.54, 1.807) is 31.4 Å². The zero-order chi connectivity index (χ0) is 22.2. The maximum atomic E-state index is 12.7. The zero-order valence-corrected chi connectivity index (χ0v) is 18.7. The highest BCUT2D eigenvalue weighted by atomic mass is 32.2. The van der Waals surface area contributed by atoms with Crippen LogP contribution in [-0.4, -0.2) is 24.2 Å². The molecule has 0 aliphatic heterocycles. The first kappa shape index (κ1) is 22.4. The van der Waals surface area contributed by atoms with E-state index < -0.39 is 0 Å². The van der Waals surface area contributed by atoms with Crippen molar-refractivity contribution in [3.8, 4) is 5.75 Å². The molecular formula is C25H26N2O3S. The third-order valence-corrected chi connectivity index (χ3v) is 6.06. The van der Waals surface area contributed by atoms with Gasteiger partial charge in [-0.05, 0) is 67.9 Å². The van der Waals surface area contributed by atoms with Crippen molar-refractivity contribution in [2.75, 3.05) is 17.7 Å². The number of hydrogen-bond donors (Lipinski definition) is 2. The standard InChI is InChI=1S/C25H26N2O3S/c1-4-23(25(29)26-19-12-8-17(2)9-13-19)31-22-7-5-6-20(16-22)27-24(28)18-10-14-21(30-3)15-11-18/h5-16,23H,4H2,1-3H3,(H,26,29)(H,27,28). The number of methoxy groups -OCH3 is 1. The highest BCUT2D eigenvalue weighted by Gasteiger charge is 2.18. The van der Waals surface area contributed by atoms with Gasteiger partial charge in [0.2, 0.25) is 5.91 Å². The molecule has 0 fully saturated rings. The maximum Gasteiger partial charge on any atom is 0.255 e. The SMILES string of the molecule is CCC(Sc1cccc(NC(=O)c2ccc(OC)cc2)c1)C(=O)Nc1ccc(C)cc1. The predicted octanol–water partition coefficient (Wildman–Crippen LogP) is 5.77. The molecule has 5 nitrogen and oxygen atoms in total. The molecule has 2 amide bonds. The quantitative estimate of drug-likeness (QED) is 0.442. The van der Waals surface area contributed by atoms with Crippen LogP contribution in [0.5, 0.6) is 5.75 Å². The summed E-state index contributed by atoms with van der Waals surface area (Å²) < 4.78 is 5.13. The van der Waals surface area contributed by atoms with Gasteiger partial charge in [-0.1, -0.05) is 30.7 Å². The molecule has 3 rings (SSSR count). The van der Waals surface area contributed by atoms with Crippen molar-refractivity contribution in [3.05, 3.63) is 83.9 Å². The van der Waals surface area contributed by atoms with E-state index in [0.717, 1.165) is 16.1 Å². The number of aryl methyl sites for hydroxylation is 1. The van der Waals surface area contributed by atoms with Gasteiger partial charge in [0.1, 0.15) is 5.75 Å². The van der Waals surface area contributed by atoms with Crippen LogP contribution in [0.25, 0.3) is 0 Å². The van der Waals surface area contributed by atoms with Crippen molar-refractivity contribution in [1.82, 2.24) is 0 Å². The molecule has 31 heavy (non-hydrogen) atoms. The maximum absolute atomic E-state index is 12.7. The first-order valence-electron chi connectivity index (χ1n) is 10.1. The summed E-state index contributed by atoms with van der Waals surface area (Å²) in [6, 6.07) is 22.2. The van der Waals surface area contributed by atoms with Gasteiger partial charge < -0.3 is 15.4 Å². The Morgan fingerprint density at radius 3 is 2.29 bits per heavy atom. The average Bonchev–Trinajstić information content (AvgIpc) is 2.79. The van der Waals surface area contributed by atoms with Crippen molar-refractivity contribution < 1.29 is 14.3 Å². The fourth-order valence-electron chi connectivity index (χ4n) is 2.94. The summed E-state index contributed by atoms with van der Waals surface area (Å²) >= 11 is 1.48. The average molecular weight is 435 g/mol. The van der Waals surface area contributed by atoms with Crippen molar-refractivity contribution >= 4 is 35.0 Å². The van der Waals surface area contributed by atoms with Crippen molar-refractivity contribution in [1.29, 1.82) is 0 Å². The lowest BCUT2D eigenvalue weighted by Crippen LogP contribution is -2.24. The Kier molecular flexibility index (Phi) is 7.73. The number of carbonyl (C=O) groups is 2. The van der Waals surface area contributed by atoms with Gasteiger partial charge in [0, 0.05) is 21.8 Å². The summed E-state index contributed by atoms with van der Waals surface area (Å²) in [6.45, 7) is 4.00. The summed E-state index contributed by atoms with van der Waals surface area (Å²) in [5, 5.41) is 5.64. The number of nitrogens with one attached hydrogen (secondary N) is 2. The largest absolute Gasteiger partial charge is 0.497 e. The number of thioether (sulfide) groups is 1. The normalized spacial score (nSPS) is 11.5. The molecule has 160 valence electrons. The van der Waals surface area contributed by atoms with E-state index in [4.69, 9.17) is 4.74 Å². The van der Waals surface area contributed by atoms with Crippen molar-refractivity contribution in [2.24, 2.45) is 0 Å². The van der Waals surface area contributed by atoms with Gasteiger partial charge in [-0.25, -0.2) is 0 Å². The van der Waals surface area contributed by atoms with Crippen LogP contribution in [-0.2, 0) is 4.79 Å². The van der Waals surface area contributed by atoms with E-state index in [9.17, 15) is 9.59 Å². The molecule has 0 heterocycles. The molecule has 0 bridgehead atoms. The molecule has 3 aromatic rings. The highest BCUT2D eigenvalue weighted by Crippen LogP contribution is 2.29. The third kappa shape index (κ3) is 6.36. The van der Waals surface area contributed by atoms with Crippen molar-refractivity contribution in [3.63, 3.8) is 0 Å². The lowest BCUT2D eigenvalue weighted by Gasteiger charge is -2.15. The Morgan fingerprint density at radius 2 is 1.65 bits per heavy atom. The minimum absolute atomic E-state index is 0.0379. The van der Waals surface area contributed by atoms with Gasteiger partial charge in [-0.3, -0.25) is 9.59 Å². The second-order valence-electron chi connectivity index (χ2n) is 7.08. The molecule has 0 saturated heterocycles. The van der Waals surface area contributed by atoms with E-state index in [-0.39, 0.29) is 17.1 Å². The smallest absolute Gasteiger partial charge is 0.255 e. The summed E-state index contributed by atoms with van der Waals surface area (Å²) in [4.78, 5) is 26.2. The fraction of sp³-hybridized carbons (Fsp3) is 0.200. The second kappa shape index (κ2) is 10.7. The van der Waals surface area contributed by atoms with Gasteiger partial charge in [-0.15, -0.1) is 11.8 Å². The Hall–Kier alpha value is -3.25. The van der Waals surface area contributed by atoms with Crippen LogP contribution < -0.4 is 15.4 Å². The number of hydrogen-bond acceptors (Lipinski definition) is 4. The van der Waals surface area contributed by atoms with Crippen LogP contribution in [0.3, 0.4) is 0 Å². The lowest BCUT2D eigenvalue weighted by molar-refractivity contribution is -0.115. The van der Waals surface area contributed by atoms with E-state index in [2.05, 4.69) is 10.6 Å². The minimum atomic E-state index is -0.242. The van der Waals surface area contributed by atoms with E-state index >= 15 is 0 Å². The Labute approximate surface area is 187 Å². The number of carbonyl (C=O) groups excluding carboxylic acids is 2. The fourth-order valence-corrected chi connectivity index (χ4v) is 3.95. The van der Waals surface area contributed by atoms with Crippen LogP contribution in [0.4, 0.5) is 11.4 Å². The molecule has 0 aliphatic rings. The van der Waals surface area contributed by atoms with Gasteiger partial charge in [0.15, 0.2) is 0 Å². The first-order chi connectivity index (χ1) is 15.0. The third-order valence-electron chi connectivity index (χ3n) is 4.70. The molecule has 0 spiro atoms.